The first-order valence-corrected chi connectivity index (χ1v) is 3.95. The fourth-order valence-electron chi connectivity index (χ4n) is 1.03. The molecule has 1 aliphatic carbocycles. The molecule has 0 spiro atoms. The van der Waals surface area contributed by atoms with Gasteiger partial charge in [0.05, 0.1) is 6.04 Å². The zero-order valence-corrected chi connectivity index (χ0v) is 6.54. The number of hydrogen-bond acceptors (Lipinski definition) is 3. The van der Waals surface area contributed by atoms with Gasteiger partial charge in [0.2, 0.25) is 0 Å². The lowest BCUT2D eigenvalue weighted by molar-refractivity contribution is 0.744. The van der Waals surface area contributed by atoms with Crippen molar-refractivity contribution in [3.05, 3.63) is 11.6 Å². The molecule has 0 amide bonds. The molecule has 1 saturated carbocycles. The monoisotopic (exact) mass is 152 g/mol. The maximum atomic E-state index is 5.60. The molecule has 4 nitrogen and oxygen atoms in total. The van der Waals surface area contributed by atoms with Crippen LogP contribution in [0.3, 0.4) is 0 Å². The van der Waals surface area contributed by atoms with Crippen LogP contribution in [0, 0.1) is 0 Å². The van der Waals surface area contributed by atoms with E-state index in [2.05, 4.69) is 15.2 Å². The summed E-state index contributed by atoms with van der Waals surface area (Å²) in [6, 6.07) is -0.0567. The average Bonchev–Trinajstić information content (AvgIpc) is 2.68. The number of nitrogens with one attached hydrogen (secondary N) is 1. The van der Waals surface area contributed by atoms with E-state index in [9.17, 15) is 0 Å². The van der Waals surface area contributed by atoms with Crippen LogP contribution in [0.4, 0.5) is 0 Å². The topological polar surface area (TPSA) is 67.6 Å². The van der Waals surface area contributed by atoms with Crippen molar-refractivity contribution < 1.29 is 0 Å². The molecule has 1 aromatic rings. The lowest BCUT2D eigenvalue weighted by atomic mass is 10.3. The molecule has 1 aliphatic rings. The van der Waals surface area contributed by atoms with Crippen molar-refractivity contribution in [3.63, 3.8) is 0 Å². The quantitative estimate of drug-likeness (QED) is 0.655. The van der Waals surface area contributed by atoms with Crippen LogP contribution in [0.5, 0.6) is 0 Å². The number of hydrogen-bond donors (Lipinski definition) is 2. The Kier molecular flexibility index (Phi) is 1.42. The number of nitrogens with two attached hydrogens (primary N) is 1. The lowest BCUT2D eigenvalue weighted by Gasteiger charge is -1.94. The van der Waals surface area contributed by atoms with Crippen LogP contribution in [0.2, 0.25) is 0 Å². The summed E-state index contributed by atoms with van der Waals surface area (Å²) in [6.45, 7) is 1.89. The van der Waals surface area contributed by atoms with Crippen molar-refractivity contribution in [1.29, 1.82) is 0 Å². The highest BCUT2D eigenvalue weighted by molar-refractivity contribution is 5.06. The Morgan fingerprint density at radius 2 is 2.36 bits per heavy atom. The van der Waals surface area contributed by atoms with Crippen LogP contribution in [-0.4, -0.2) is 15.2 Å². The van der Waals surface area contributed by atoms with Crippen LogP contribution in [-0.2, 0) is 0 Å². The molecule has 0 radical (unpaired) electrons. The fraction of sp³-hybridized carbons (Fsp3) is 0.714. The normalized spacial score (nSPS) is 20.2. The van der Waals surface area contributed by atoms with Crippen LogP contribution in [0.1, 0.15) is 43.4 Å². The minimum absolute atomic E-state index is 0.0567. The summed E-state index contributed by atoms with van der Waals surface area (Å²) in [6.07, 6.45) is 2.49. The molecule has 1 aromatic heterocycles. The van der Waals surface area contributed by atoms with E-state index in [0.29, 0.717) is 5.92 Å². The van der Waals surface area contributed by atoms with Gasteiger partial charge in [0.15, 0.2) is 5.82 Å². The summed E-state index contributed by atoms with van der Waals surface area (Å²) < 4.78 is 0. The van der Waals surface area contributed by atoms with E-state index in [1.807, 2.05) is 6.92 Å². The number of aromatic amines is 1. The largest absolute Gasteiger partial charge is 0.321 e. The molecule has 0 unspecified atom stereocenters. The molecule has 60 valence electrons. The highest BCUT2D eigenvalue weighted by Gasteiger charge is 2.27. The molecule has 0 bridgehead atoms. The van der Waals surface area contributed by atoms with Gasteiger partial charge in [-0.2, -0.15) is 5.10 Å². The molecule has 1 atom stereocenters. The molecule has 0 aliphatic heterocycles. The molecule has 2 rings (SSSR count). The van der Waals surface area contributed by atoms with E-state index in [1.165, 1.54) is 12.8 Å². The van der Waals surface area contributed by atoms with E-state index in [4.69, 9.17) is 5.73 Å². The smallest absolute Gasteiger partial charge is 0.167 e. The Morgan fingerprint density at radius 1 is 1.64 bits per heavy atom. The third-order valence-corrected chi connectivity index (χ3v) is 1.89. The minimum Gasteiger partial charge on any atom is -0.321 e. The predicted molar refractivity (Wildman–Crippen MR) is 41.0 cm³/mol. The summed E-state index contributed by atoms with van der Waals surface area (Å²) in [7, 11) is 0. The summed E-state index contributed by atoms with van der Waals surface area (Å²) >= 11 is 0. The summed E-state index contributed by atoms with van der Waals surface area (Å²) in [4.78, 5) is 4.28. The highest BCUT2D eigenvalue weighted by Crippen LogP contribution is 2.37. The Hall–Kier alpha value is -0.900. The van der Waals surface area contributed by atoms with Crippen molar-refractivity contribution in [2.45, 2.75) is 31.7 Å². The van der Waals surface area contributed by atoms with Gasteiger partial charge in [-0.05, 0) is 19.8 Å². The van der Waals surface area contributed by atoms with Crippen LogP contribution in [0.15, 0.2) is 0 Å². The van der Waals surface area contributed by atoms with Gasteiger partial charge in [0.25, 0.3) is 0 Å². The van der Waals surface area contributed by atoms with Gasteiger partial charge in [-0.1, -0.05) is 0 Å². The zero-order chi connectivity index (χ0) is 7.84. The van der Waals surface area contributed by atoms with Gasteiger partial charge in [0, 0.05) is 5.92 Å². The molecule has 1 fully saturated rings. The fourth-order valence-corrected chi connectivity index (χ4v) is 1.03. The molecule has 0 aromatic carbocycles. The van der Waals surface area contributed by atoms with Crippen molar-refractivity contribution in [1.82, 2.24) is 15.2 Å². The van der Waals surface area contributed by atoms with Gasteiger partial charge < -0.3 is 5.73 Å². The van der Waals surface area contributed by atoms with Gasteiger partial charge in [-0.3, -0.25) is 5.10 Å². The number of rotatable bonds is 2. The van der Waals surface area contributed by atoms with Crippen LogP contribution in [0.25, 0.3) is 0 Å². The van der Waals surface area contributed by atoms with Crippen molar-refractivity contribution >= 4 is 0 Å². The van der Waals surface area contributed by atoms with Crippen molar-refractivity contribution in [2.75, 3.05) is 0 Å². The molecule has 0 saturated heterocycles. The van der Waals surface area contributed by atoms with Crippen LogP contribution >= 0.6 is 0 Å². The Bertz CT molecular complexity index is 232. The number of H-pyrrole nitrogens is 1. The average molecular weight is 152 g/mol. The molecular formula is C7H12N4. The second kappa shape index (κ2) is 2.30. The van der Waals surface area contributed by atoms with Gasteiger partial charge in [-0.15, -0.1) is 0 Å². The van der Waals surface area contributed by atoms with E-state index < -0.39 is 0 Å². The van der Waals surface area contributed by atoms with Gasteiger partial charge in [0.1, 0.15) is 5.82 Å². The van der Waals surface area contributed by atoms with Crippen molar-refractivity contribution in [3.8, 4) is 0 Å². The first kappa shape index (κ1) is 6.79. The Labute approximate surface area is 65.2 Å². The first-order chi connectivity index (χ1) is 5.27. The van der Waals surface area contributed by atoms with Gasteiger partial charge in [-0.25, -0.2) is 4.98 Å². The molecule has 3 N–H and O–H groups in total. The third-order valence-electron chi connectivity index (χ3n) is 1.89. The Morgan fingerprint density at radius 3 is 2.82 bits per heavy atom. The Balaban J connectivity index is 2.18. The predicted octanol–water partition coefficient (Wildman–Crippen LogP) is 0.702. The van der Waals surface area contributed by atoms with Crippen LogP contribution < -0.4 is 5.73 Å². The highest BCUT2D eigenvalue weighted by atomic mass is 15.2. The summed E-state index contributed by atoms with van der Waals surface area (Å²) in [5.74, 6) is 2.37. The molecule has 1 heterocycles. The standard InChI is InChI=1S/C7H12N4/c1-4(8)6-9-7(11-10-6)5-2-3-5/h4-5H,2-3,8H2,1H3,(H,9,10,11)/t4-/m1/s1. The first-order valence-electron chi connectivity index (χ1n) is 3.95. The van der Waals surface area contributed by atoms with Gasteiger partial charge >= 0.3 is 0 Å². The molecule has 11 heavy (non-hydrogen) atoms. The number of nitrogens with zero attached hydrogens (tertiary/aromatic N) is 2. The maximum absolute atomic E-state index is 5.60. The van der Waals surface area contributed by atoms with Crippen molar-refractivity contribution in [2.24, 2.45) is 5.73 Å². The lowest BCUT2D eigenvalue weighted by Crippen LogP contribution is -2.06. The number of aromatic nitrogens is 3. The van der Waals surface area contributed by atoms with E-state index >= 15 is 0 Å². The van der Waals surface area contributed by atoms with E-state index in [1.54, 1.807) is 0 Å². The second-order valence-corrected chi connectivity index (χ2v) is 3.14. The summed E-state index contributed by atoms with van der Waals surface area (Å²) in [5, 5.41) is 6.92. The zero-order valence-electron chi connectivity index (χ0n) is 6.54. The maximum Gasteiger partial charge on any atom is 0.167 e. The summed E-state index contributed by atoms with van der Waals surface area (Å²) in [5.41, 5.74) is 5.60. The third kappa shape index (κ3) is 1.26. The minimum atomic E-state index is -0.0567. The molecule has 4 heteroatoms. The second-order valence-electron chi connectivity index (χ2n) is 3.14. The SMILES string of the molecule is C[C@@H](N)c1n[nH]c(C2CC2)n1. The molecular weight excluding hydrogens is 140 g/mol. The van der Waals surface area contributed by atoms with E-state index in [0.717, 1.165) is 11.6 Å². The van der Waals surface area contributed by atoms with E-state index in [-0.39, 0.29) is 6.04 Å².